The Morgan fingerprint density at radius 1 is 1.30 bits per heavy atom. The first-order valence-corrected chi connectivity index (χ1v) is 7.97. The van der Waals surface area contributed by atoms with Crippen LogP contribution in [0.25, 0.3) is 0 Å². The molecule has 0 radical (unpaired) electrons. The van der Waals surface area contributed by atoms with E-state index < -0.39 is 0 Å². The van der Waals surface area contributed by atoms with Crippen molar-refractivity contribution >= 4 is 5.78 Å². The Bertz CT molecular complexity index is 577. The van der Waals surface area contributed by atoms with E-state index in [1.54, 1.807) is 0 Å². The fourth-order valence-electron chi connectivity index (χ4n) is 4.64. The van der Waals surface area contributed by atoms with Crippen LogP contribution in [0.5, 0.6) is 0 Å². The third kappa shape index (κ3) is 1.46. The first-order valence-electron chi connectivity index (χ1n) is 7.97. The summed E-state index contributed by atoms with van der Waals surface area (Å²) in [6.45, 7) is 5.63. The zero-order valence-corrected chi connectivity index (χ0v) is 12.4. The number of benzene rings is 1. The van der Waals surface area contributed by atoms with Crippen LogP contribution in [-0.2, 0) is 5.41 Å². The number of rotatable bonds is 2. The fraction of sp³-hybridized carbons (Fsp3) is 0.611. The highest BCUT2D eigenvalue weighted by atomic mass is 16.1. The van der Waals surface area contributed by atoms with Crippen LogP contribution in [0.15, 0.2) is 24.3 Å². The van der Waals surface area contributed by atoms with E-state index in [2.05, 4.69) is 31.3 Å². The number of Topliss-reactive ketones (excluding diaryl/α,β-unsaturated/α-hetero) is 1. The lowest BCUT2D eigenvalue weighted by Gasteiger charge is -2.56. The van der Waals surface area contributed by atoms with E-state index in [-0.39, 0.29) is 11.0 Å². The van der Waals surface area contributed by atoms with Crippen molar-refractivity contribution in [1.29, 1.82) is 0 Å². The average molecular weight is 269 g/mol. The van der Waals surface area contributed by atoms with Gasteiger partial charge in [0.05, 0.1) is 5.54 Å². The van der Waals surface area contributed by atoms with Crippen molar-refractivity contribution in [2.45, 2.75) is 50.5 Å². The maximum Gasteiger partial charge on any atom is 0.183 e. The minimum absolute atomic E-state index is 0.143. The van der Waals surface area contributed by atoms with Crippen LogP contribution in [0.4, 0.5) is 0 Å². The molecule has 1 aliphatic heterocycles. The summed E-state index contributed by atoms with van der Waals surface area (Å²) >= 11 is 0. The van der Waals surface area contributed by atoms with Gasteiger partial charge in [-0.15, -0.1) is 0 Å². The predicted molar refractivity (Wildman–Crippen MR) is 80.0 cm³/mol. The topological polar surface area (TPSA) is 29.1 Å². The number of piperidine rings is 1. The van der Waals surface area contributed by atoms with Gasteiger partial charge in [-0.05, 0) is 42.2 Å². The molecule has 2 nitrogen and oxygen atoms in total. The van der Waals surface area contributed by atoms with Gasteiger partial charge in [-0.1, -0.05) is 51.0 Å². The lowest BCUT2D eigenvalue weighted by molar-refractivity contribution is 0.0423. The van der Waals surface area contributed by atoms with Gasteiger partial charge in [0.2, 0.25) is 0 Å². The monoisotopic (exact) mass is 269 g/mol. The van der Waals surface area contributed by atoms with Gasteiger partial charge in [0, 0.05) is 5.56 Å². The van der Waals surface area contributed by atoms with Crippen molar-refractivity contribution < 1.29 is 4.79 Å². The molecule has 1 saturated carbocycles. The molecule has 0 aromatic heterocycles. The summed E-state index contributed by atoms with van der Waals surface area (Å²) < 4.78 is 0. The van der Waals surface area contributed by atoms with Crippen LogP contribution in [-0.4, -0.2) is 17.9 Å². The van der Waals surface area contributed by atoms with Crippen molar-refractivity contribution in [3.8, 4) is 0 Å². The Morgan fingerprint density at radius 3 is 2.80 bits per heavy atom. The van der Waals surface area contributed by atoms with Crippen molar-refractivity contribution in [1.82, 2.24) is 5.32 Å². The number of nitrogens with one attached hydrogen (secondary N) is 1. The number of carbonyl (C=O) groups excluding carboxylic acids is 1. The van der Waals surface area contributed by atoms with Gasteiger partial charge in [0.25, 0.3) is 0 Å². The highest BCUT2D eigenvalue weighted by molar-refractivity contribution is 6.06. The van der Waals surface area contributed by atoms with Gasteiger partial charge < -0.3 is 5.32 Å². The van der Waals surface area contributed by atoms with Crippen molar-refractivity contribution in [3.05, 3.63) is 35.4 Å². The molecule has 3 unspecified atom stereocenters. The maximum atomic E-state index is 13.2. The Hall–Kier alpha value is -1.15. The third-order valence-corrected chi connectivity index (χ3v) is 6.28. The molecule has 0 spiro atoms. The van der Waals surface area contributed by atoms with Crippen LogP contribution in [0.1, 0.15) is 55.5 Å². The van der Waals surface area contributed by atoms with E-state index in [1.807, 2.05) is 12.1 Å². The predicted octanol–water partition coefficient (Wildman–Crippen LogP) is 3.31. The molecule has 3 aliphatic rings. The molecule has 0 amide bonds. The second-order valence-corrected chi connectivity index (χ2v) is 7.31. The van der Waals surface area contributed by atoms with Gasteiger partial charge in [0.1, 0.15) is 0 Å². The quantitative estimate of drug-likeness (QED) is 0.892. The van der Waals surface area contributed by atoms with E-state index in [0.29, 0.717) is 11.7 Å². The second-order valence-electron chi connectivity index (χ2n) is 7.31. The van der Waals surface area contributed by atoms with Crippen molar-refractivity contribution in [3.63, 3.8) is 0 Å². The lowest BCUT2D eigenvalue weighted by Crippen LogP contribution is -2.68. The number of hydrogen-bond acceptors (Lipinski definition) is 2. The van der Waals surface area contributed by atoms with E-state index in [9.17, 15) is 4.79 Å². The number of hydrogen-bond donors (Lipinski definition) is 1. The number of carbonyl (C=O) groups is 1. The molecule has 1 saturated heterocycles. The van der Waals surface area contributed by atoms with Crippen molar-refractivity contribution in [2.75, 3.05) is 6.54 Å². The molecule has 2 heteroatoms. The fourth-order valence-corrected chi connectivity index (χ4v) is 4.64. The first kappa shape index (κ1) is 12.6. The SMILES string of the molecule is CC1C2(CC3CC3)NCCC1(C)c1ccccc1C2=O. The van der Waals surface area contributed by atoms with E-state index in [1.165, 1.54) is 18.4 Å². The lowest BCUT2D eigenvalue weighted by atomic mass is 9.52. The Balaban J connectivity index is 1.91. The van der Waals surface area contributed by atoms with E-state index >= 15 is 0 Å². The van der Waals surface area contributed by atoms with Crippen LogP contribution >= 0.6 is 0 Å². The second kappa shape index (κ2) is 3.94. The summed E-state index contributed by atoms with van der Waals surface area (Å²) in [7, 11) is 0. The van der Waals surface area contributed by atoms with Gasteiger partial charge in [-0.25, -0.2) is 0 Å². The van der Waals surface area contributed by atoms with E-state index in [0.717, 1.165) is 30.9 Å². The van der Waals surface area contributed by atoms with E-state index in [4.69, 9.17) is 0 Å². The molecule has 1 N–H and O–H groups in total. The summed E-state index contributed by atoms with van der Waals surface area (Å²) in [6, 6.07) is 8.31. The van der Waals surface area contributed by atoms with Gasteiger partial charge in [-0.3, -0.25) is 4.79 Å². The van der Waals surface area contributed by atoms with Crippen LogP contribution < -0.4 is 5.32 Å². The highest BCUT2D eigenvalue weighted by Gasteiger charge is 2.59. The first-order chi connectivity index (χ1) is 9.58. The maximum absolute atomic E-state index is 13.2. The molecule has 106 valence electrons. The summed E-state index contributed by atoms with van der Waals surface area (Å²) in [5.41, 5.74) is 2.10. The Morgan fingerprint density at radius 2 is 2.05 bits per heavy atom. The standard InChI is InChI=1S/C18H23NO/c1-12-17(2)9-10-19-18(12,11-13-7-8-13)16(20)14-5-3-4-6-15(14)17/h3-6,12-13,19H,7-11H2,1-2H3. The molecule has 4 rings (SSSR count). The van der Waals surface area contributed by atoms with Gasteiger partial charge >= 0.3 is 0 Å². The van der Waals surface area contributed by atoms with Gasteiger partial charge in [-0.2, -0.15) is 0 Å². The summed E-state index contributed by atoms with van der Waals surface area (Å²) in [6.07, 6.45) is 4.78. The molecule has 1 aromatic rings. The molecule has 3 atom stereocenters. The van der Waals surface area contributed by atoms with Crippen molar-refractivity contribution in [2.24, 2.45) is 11.8 Å². The Labute approximate surface area is 121 Å². The zero-order chi connectivity index (χ0) is 14.0. The minimum atomic E-state index is -0.303. The summed E-state index contributed by atoms with van der Waals surface area (Å²) in [4.78, 5) is 13.2. The molecule has 20 heavy (non-hydrogen) atoms. The zero-order valence-electron chi connectivity index (χ0n) is 12.4. The highest BCUT2D eigenvalue weighted by Crippen LogP contribution is 2.54. The molecule has 1 aromatic carbocycles. The molecule has 2 aliphatic carbocycles. The normalized spacial score (nSPS) is 39.5. The minimum Gasteiger partial charge on any atom is -0.304 e. The van der Waals surface area contributed by atoms with Crippen LogP contribution in [0, 0.1) is 11.8 Å². The van der Waals surface area contributed by atoms with Gasteiger partial charge in [0.15, 0.2) is 5.78 Å². The smallest absolute Gasteiger partial charge is 0.183 e. The third-order valence-electron chi connectivity index (χ3n) is 6.28. The molecule has 2 fully saturated rings. The number of ketones is 1. The van der Waals surface area contributed by atoms with Crippen LogP contribution in [0.3, 0.4) is 0 Å². The molecular formula is C18H23NO. The summed E-state index contributed by atoms with van der Waals surface area (Å²) in [5, 5.41) is 3.65. The molecular weight excluding hydrogens is 246 g/mol. The Kier molecular flexibility index (Phi) is 2.48. The van der Waals surface area contributed by atoms with Crippen LogP contribution in [0.2, 0.25) is 0 Å². The largest absolute Gasteiger partial charge is 0.304 e. The molecule has 2 bridgehead atoms. The molecule has 1 heterocycles. The summed E-state index contributed by atoms with van der Waals surface area (Å²) in [5.74, 6) is 1.50. The average Bonchev–Trinajstić information content (AvgIpc) is 3.26. The number of fused-ring (bicyclic) bond motifs is 4.